The first-order valence-corrected chi connectivity index (χ1v) is 5.26. The number of aliphatic hydroxyl groups excluding tert-OH is 1. The smallest absolute Gasteiger partial charge is 0.0474 e. The highest BCUT2D eigenvalue weighted by atomic mass is 16.3. The zero-order chi connectivity index (χ0) is 8.39. The fourth-order valence-corrected chi connectivity index (χ4v) is 2.88. The number of hydrogen-bond donors (Lipinski definition) is 2. The largest absolute Gasteiger partial charge is 0.396 e. The topological polar surface area (TPSA) is 32.3 Å². The molecule has 1 saturated carbocycles. The Morgan fingerprint density at radius 2 is 2.00 bits per heavy atom. The van der Waals surface area contributed by atoms with Crippen LogP contribution in [0.2, 0.25) is 0 Å². The Hall–Kier alpha value is -0.0800. The molecule has 2 rings (SSSR count). The van der Waals surface area contributed by atoms with Gasteiger partial charge >= 0.3 is 0 Å². The third kappa shape index (κ3) is 1.50. The Bertz CT molecular complexity index is 140. The second-order valence-corrected chi connectivity index (χ2v) is 4.26. The van der Waals surface area contributed by atoms with Gasteiger partial charge in [0.1, 0.15) is 0 Å². The van der Waals surface area contributed by atoms with E-state index in [0.29, 0.717) is 18.6 Å². The molecule has 2 aliphatic rings. The van der Waals surface area contributed by atoms with Crippen molar-refractivity contribution >= 4 is 0 Å². The Kier molecular flexibility index (Phi) is 2.66. The third-order valence-corrected chi connectivity index (χ3v) is 3.53. The highest BCUT2D eigenvalue weighted by Gasteiger charge is 2.33. The van der Waals surface area contributed by atoms with E-state index in [1.165, 1.54) is 32.1 Å². The first-order chi connectivity index (χ1) is 5.92. The third-order valence-electron chi connectivity index (χ3n) is 3.53. The Morgan fingerprint density at radius 1 is 1.17 bits per heavy atom. The molecular formula is C10H19NO. The van der Waals surface area contributed by atoms with Gasteiger partial charge in [0.05, 0.1) is 0 Å². The monoisotopic (exact) mass is 169 g/mol. The summed E-state index contributed by atoms with van der Waals surface area (Å²) in [7, 11) is 0. The second kappa shape index (κ2) is 3.75. The molecule has 1 heterocycles. The average Bonchev–Trinajstić information content (AvgIpc) is 2.17. The van der Waals surface area contributed by atoms with Crippen LogP contribution < -0.4 is 5.32 Å². The van der Waals surface area contributed by atoms with Gasteiger partial charge < -0.3 is 10.4 Å². The summed E-state index contributed by atoms with van der Waals surface area (Å²) < 4.78 is 0. The molecule has 2 heteroatoms. The van der Waals surface area contributed by atoms with Crippen LogP contribution in [0.3, 0.4) is 0 Å². The SMILES string of the molecule is OC[C@H]1CCC[C@@H]2CCCN[C@@H]21. The first kappa shape index (κ1) is 8.52. The Balaban J connectivity index is 1.99. The molecule has 0 aromatic rings. The van der Waals surface area contributed by atoms with Crippen molar-refractivity contribution in [2.45, 2.75) is 38.1 Å². The molecule has 0 unspecified atom stereocenters. The van der Waals surface area contributed by atoms with Crippen LogP contribution in [0.1, 0.15) is 32.1 Å². The van der Waals surface area contributed by atoms with Crippen LogP contribution in [0.15, 0.2) is 0 Å². The van der Waals surface area contributed by atoms with E-state index in [2.05, 4.69) is 5.32 Å². The van der Waals surface area contributed by atoms with Crippen LogP contribution in [0.4, 0.5) is 0 Å². The maximum Gasteiger partial charge on any atom is 0.0474 e. The second-order valence-electron chi connectivity index (χ2n) is 4.26. The van der Waals surface area contributed by atoms with Gasteiger partial charge in [0.25, 0.3) is 0 Å². The Labute approximate surface area is 74.4 Å². The number of hydrogen-bond acceptors (Lipinski definition) is 2. The van der Waals surface area contributed by atoms with Gasteiger partial charge in [0.15, 0.2) is 0 Å². The summed E-state index contributed by atoms with van der Waals surface area (Å²) in [6.07, 6.45) is 6.65. The van der Waals surface area contributed by atoms with Gasteiger partial charge in [0, 0.05) is 12.6 Å². The van der Waals surface area contributed by atoms with E-state index in [-0.39, 0.29) is 0 Å². The lowest BCUT2D eigenvalue weighted by atomic mass is 9.73. The van der Waals surface area contributed by atoms with Crippen LogP contribution in [0.25, 0.3) is 0 Å². The van der Waals surface area contributed by atoms with E-state index in [0.717, 1.165) is 12.5 Å². The molecule has 1 aliphatic carbocycles. The fourth-order valence-electron chi connectivity index (χ4n) is 2.88. The standard InChI is InChI=1S/C10H19NO/c12-7-9-4-1-3-8-5-2-6-11-10(8)9/h8-12H,1-7H2/t8-,9-,10+/m1/s1. The van der Waals surface area contributed by atoms with Crippen LogP contribution in [0, 0.1) is 11.8 Å². The molecule has 0 bridgehead atoms. The lowest BCUT2D eigenvalue weighted by Crippen LogP contribution is -2.49. The van der Waals surface area contributed by atoms with Crippen molar-refractivity contribution in [2.75, 3.05) is 13.2 Å². The summed E-state index contributed by atoms with van der Waals surface area (Å²) in [6.45, 7) is 1.55. The van der Waals surface area contributed by atoms with Crippen LogP contribution in [-0.4, -0.2) is 24.3 Å². The molecule has 3 atom stereocenters. The summed E-state index contributed by atoms with van der Waals surface area (Å²) in [6, 6.07) is 0.637. The molecule has 12 heavy (non-hydrogen) atoms. The van der Waals surface area contributed by atoms with Gasteiger partial charge in [-0.05, 0) is 44.1 Å². The van der Waals surface area contributed by atoms with Crippen molar-refractivity contribution in [2.24, 2.45) is 11.8 Å². The summed E-state index contributed by atoms with van der Waals surface area (Å²) in [5.74, 6) is 1.41. The van der Waals surface area contributed by atoms with Gasteiger partial charge in [-0.1, -0.05) is 6.42 Å². The van der Waals surface area contributed by atoms with E-state index in [1.807, 2.05) is 0 Å². The predicted octanol–water partition coefficient (Wildman–Crippen LogP) is 1.15. The van der Waals surface area contributed by atoms with Gasteiger partial charge in [-0.25, -0.2) is 0 Å². The summed E-state index contributed by atoms with van der Waals surface area (Å²) in [5, 5.41) is 12.8. The zero-order valence-corrected chi connectivity index (χ0v) is 7.63. The van der Waals surface area contributed by atoms with Gasteiger partial charge in [-0.15, -0.1) is 0 Å². The molecule has 0 radical (unpaired) electrons. The minimum Gasteiger partial charge on any atom is -0.396 e. The summed E-state index contributed by atoms with van der Waals surface area (Å²) in [5.41, 5.74) is 0. The molecule has 2 nitrogen and oxygen atoms in total. The highest BCUT2D eigenvalue weighted by Crippen LogP contribution is 2.33. The van der Waals surface area contributed by atoms with Crippen molar-refractivity contribution in [3.05, 3.63) is 0 Å². The molecule has 0 spiro atoms. The Morgan fingerprint density at radius 3 is 2.83 bits per heavy atom. The molecule has 1 saturated heterocycles. The molecule has 0 aromatic heterocycles. The van der Waals surface area contributed by atoms with Crippen molar-refractivity contribution in [1.82, 2.24) is 5.32 Å². The van der Waals surface area contributed by atoms with E-state index in [1.54, 1.807) is 0 Å². The van der Waals surface area contributed by atoms with Gasteiger partial charge in [-0.2, -0.15) is 0 Å². The van der Waals surface area contributed by atoms with Crippen molar-refractivity contribution in [1.29, 1.82) is 0 Å². The molecule has 0 aromatic carbocycles. The normalized spacial score (nSPS) is 42.2. The minimum absolute atomic E-state index is 0.383. The molecular weight excluding hydrogens is 150 g/mol. The van der Waals surface area contributed by atoms with E-state index >= 15 is 0 Å². The van der Waals surface area contributed by atoms with E-state index < -0.39 is 0 Å². The zero-order valence-electron chi connectivity index (χ0n) is 7.63. The maximum absolute atomic E-state index is 9.19. The van der Waals surface area contributed by atoms with Gasteiger partial charge in [0.2, 0.25) is 0 Å². The number of aliphatic hydroxyl groups is 1. The quantitative estimate of drug-likeness (QED) is 0.617. The lowest BCUT2D eigenvalue weighted by Gasteiger charge is -2.41. The number of rotatable bonds is 1. The molecule has 70 valence electrons. The van der Waals surface area contributed by atoms with Crippen molar-refractivity contribution in [3.63, 3.8) is 0 Å². The fraction of sp³-hybridized carbons (Fsp3) is 1.00. The lowest BCUT2D eigenvalue weighted by molar-refractivity contribution is 0.0940. The molecule has 0 amide bonds. The highest BCUT2D eigenvalue weighted by molar-refractivity contribution is 4.89. The number of fused-ring (bicyclic) bond motifs is 1. The predicted molar refractivity (Wildman–Crippen MR) is 48.9 cm³/mol. The van der Waals surface area contributed by atoms with Crippen LogP contribution in [-0.2, 0) is 0 Å². The number of nitrogens with one attached hydrogen (secondary N) is 1. The minimum atomic E-state index is 0.383. The van der Waals surface area contributed by atoms with Crippen LogP contribution in [0.5, 0.6) is 0 Å². The van der Waals surface area contributed by atoms with E-state index in [4.69, 9.17) is 0 Å². The summed E-state index contributed by atoms with van der Waals surface area (Å²) >= 11 is 0. The van der Waals surface area contributed by atoms with Crippen molar-refractivity contribution < 1.29 is 5.11 Å². The van der Waals surface area contributed by atoms with E-state index in [9.17, 15) is 5.11 Å². The maximum atomic E-state index is 9.19. The molecule has 2 fully saturated rings. The average molecular weight is 169 g/mol. The van der Waals surface area contributed by atoms with Crippen LogP contribution >= 0.6 is 0 Å². The molecule has 1 aliphatic heterocycles. The first-order valence-electron chi connectivity index (χ1n) is 5.26. The number of piperidine rings is 1. The molecule has 2 N–H and O–H groups in total. The summed E-state index contributed by atoms with van der Waals surface area (Å²) in [4.78, 5) is 0. The van der Waals surface area contributed by atoms with Gasteiger partial charge in [-0.3, -0.25) is 0 Å². The van der Waals surface area contributed by atoms with Crippen molar-refractivity contribution in [3.8, 4) is 0 Å².